The van der Waals surface area contributed by atoms with Gasteiger partial charge in [0.15, 0.2) is 5.96 Å². The third-order valence-electron chi connectivity index (χ3n) is 3.33. The van der Waals surface area contributed by atoms with Crippen LogP contribution in [0, 0.1) is 11.6 Å². The molecule has 25 heavy (non-hydrogen) atoms. The lowest BCUT2D eigenvalue weighted by atomic mass is 10.2. The molecule has 1 heterocycles. The van der Waals surface area contributed by atoms with Gasteiger partial charge >= 0.3 is 0 Å². The number of amides is 1. The van der Waals surface area contributed by atoms with Crippen LogP contribution in [0.25, 0.3) is 0 Å². The SMILES string of the molecule is CN(C)C(=O)CNC(=NCc1cc(F)ccc1F)NCc1cccs1. The molecule has 0 aliphatic carbocycles. The van der Waals surface area contributed by atoms with Crippen molar-refractivity contribution in [3.63, 3.8) is 0 Å². The van der Waals surface area contributed by atoms with Gasteiger partial charge in [-0.25, -0.2) is 13.8 Å². The van der Waals surface area contributed by atoms with Crippen LogP contribution in [0.4, 0.5) is 8.78 Å². The Morgan fingerprint density at radius 2 is 2.04 bits per heavy atom. The van der Waals surface area contributed by atoms with Crippen LogP contribution in [0.15, 0.2) is 40.7 Å². The molecule has 134 valence electrons. The minimum absolute atomic E-state index is 0.0421. The van der Waals surface area contributed by atoms with Gasteiger partial charge in [0, 0.05) is 24.5 Å². The molecule has 0 saturated carbocycles. The minimum atomic E-state index is -0.521. The first-order chi connectivity index (χ1) is 12.0. The fourth-order valence-corrected chi connectivity index (χ4v) is 2.55. The van der Waals surface area contributed by atoms with Crippen LogP contribution in [0.5, 0.6) is 0 Å². The maximum absolute atomic E-state index is 13.7. The summed E-state index contributed by atoms with van der Waals surface area (Å²) in [7, 11) is 3.31. The highest BCUT2D eigenvalue weighted by Gasteiger charge is 2.08. The Hall–Kier alpha value is -2.48. The Balaban J connectivity index is 2.05. The summed E-state index contributed by atoms with van der Waals surface area (Å²) in [5, 5.41) is 7.94. The summed E-state index contributed by atoms with van der Waals surface area (Å²) >= 11 is 1.58. The monoisotopic (exact) mass is 366 g/mol. The van der Waals surface area contributed by atoms with E-state index in [-0.39, 0.29) is 24.6 Å². The molecule has 1 amide bonds. The van der Waals surface area contributed by atoms with Gasteiger partial charge in [0.1, 0.15) is 11.6 Å². The van der Waals surface area contributed by atoms with E-state index in [2.05, 4.69) is 15.6 Å². The molecule has 0 saturated heterocycles. The molecule has 1 aromatic carbocycles. The lowest BCUT2D eigenvalue weighted by Crippen LogP contribution is -2.42. The third kappa shape index (κ3) is 6.15. The number of aliphatic imine (C=N–C) groups is 1. The van der Waals surface area contributed by atoms with Gasteiger partial charge in [0.2, 0.25) is 5.91 Å². The van der Waals surface area contributed by atoms with Crippen LogP contribution < -0.4 is 10.6 Å². The highest BCUT2D eigenvalue weighted by Crippen LogP contribution is 2.11. The summed E-state index contributed by atoms with van der Waals surface area (Å²) in [6.07, 6.45) is 0. The van der Waals surface area contributed by atoms with E-state index in [1.54, 1.807) is 25.4 Å². The molecule has 1 aromatic heterocycles. The summed E-state index contributed by atoms with van der Waals surface area (Å²) in [5.41, 5.74) is 0.149. The molecule has 0 fully saturated rings. The van der Waals surface area contributed by atoms with Crippen LogP contribution in [-0.4, -0.2) is 37.4 Å². The standard InChI is InChI=1S/C17H20F2N4OS/c1-23(2)16(24)11-22-17(21-10-14-4-3-7-25-14)20-9-12-8-13(18)5-6-15(12)19/h3-8H,9-11H2,1-2H3,(H2,20,21,22). The molecule has 2 rings (SSSR count). The second-order valence-electron chi connectivity index (χ2n) is 5.48. The number of guanidine groups is 1. The smallest absolute Gasteiger partial charge is 0.241 e. The van der Waals surface area contributed by atoms with Crippen molar-refractivity contribution in [3.05, 3.63) is 57.8 Å². The number of benzene rings is 1. The lowest BCUT2D eigenvalue weighted by Gasteiger charge is -2.14. The van der Waals surface area contributed by atoms with Crippen LogP contribution in [0.2, 0.25) is 0 Å². The number of hydrogen-bond donors (Lipinski definition) is 2. The van der Waals surface area contributed by atoms with Crippen molar-refractivity contribution in [2.24, 2.45) is 4.99 Å². The highest BCUT2D eigenvalue weighted by molar-refractivity contribution is 7.09. The number of carbonyl (C=O) groups is 1. The molecule has 5 nitrogen and oxygen atoms in total. The van der Waals surface area contributed by atoms with Gasteiger partial charge in [-0.05, 0) is 29.6 Å². The fourth-order valence-electron chi connectivity index (χ4n) is 1.90. The molecule has 0 spiro atoms. The number of hydrogen-bond acceptors (Lipinski definition) is 3. The van der Waals surface area contributed by atoms with E-state index in [9.17, 15) is 13.6 Å². The lowest BCUT2D eigenvalue weighted by molar-refractivity contribution is -0.127. The van der Waals surface area contributed by atoms with Gasteiger partial charge in [-0.15, -0.1) is 11.3 Å². The molecule has 2 aromatic rings. The molecule has 0 atom stereocenters. The Kier molecular flexibility index (Phi) is 6.88. The molecular formula is C17H20F2N4OS. The predicted octanol–water partition coefficient (Wildman–Crippen LogP) is 2.35. The number of rotatable bonds is 6. The summed E-state index contributed by atoms with van der Waals surface area (Å²) in [6.45, 7) is 0.527. The summed E-state index contributed by atoms with van der Waals surface area (Å²) in [5.74, 6) is -0.808. The second-order valence-corrected chi connectivity index (χ2v) is 6.51. The van der Waals surface area contributed by atoms with E-state index >= 15 is 0 Å². The maximum atomic E-state index is 13.7. The van der Waals surface area contributed by atoms with Crippen molar-refractivity contribution in [1.82, 2.24) is 15.5 Å². The number of thiophene rings is 1. The first-order valence-electron chi connectivity index (χ1n) is 7.64. The topological polar surface area (TPSA) is 56.7 Å². The number of likely N-dealkylation sites (N-methyl/N-ethyl adjacent to an activating group) is 1. The molecule has 2 N–H and O–H groups in total. The average Bonchev–Trinajstić information content (AvgIpc) is 3.10. The van der Waals surface area contributed by atoms with E-state index in [0.29, 0.717) is 12.5 Å². The Morgan fingerprint density at radius 3 is 2.72 bits per heavy atom. The van der Waals surface area contributed by atoms with Crippen LogP contribution in [-0.2, 0) is 17.9 Å². The molecule has 0 unspecified atom stereocenters. The van der Waals surface area contributed by atoms with Crippen molar-refractivity contribution in [2.75, 3.05) is 20.6 Å². The number of nitrogens with zero attached hydrogens (tertiary/aromatic N) is 2. The van der Waals surface area contributed by atoms with E-state index in [0.717, 1.165) is 23.1 Å². The zero-order valence-electron chi connectivity index (χ0n) is 14.1. The van der Waals surface area contributed by atoms with Crippen LogP contribution in [0.1, 0.15) is 10.4 Å². The first kappa shape index (κ1) is 18.9. The summed E-state index contributed by atoms with van der Waals surface area (Å²) < 4.78 is 27.0. The van der Waals surface area contributed by atoms with Gasteiger partial charge in [-0.2, -0.15) is 0 Å². The van der Waals surface area contributed by atoms with E-state index in [1.807, 2.05) is 17.5 Å². The molecule has 0 aliphatic heterocycles. The third-order valence-corrected chi connectivity index (χ3v) is 4.21. The van der Waals surface area contributed by atoms with Gasteiger partial charge in [0.25, 0.3) is 0 Å². The van der Waals surface area contributed by atoms with Crippen molar-refractivity contribution in [2.45, 2.75) is 13.1 Å². The van der Waals surface area contributed by atoms with Crippen molar-refractivity contribution in [3.8, 4) is 0 Å². The predicted molar refractivity (Wildman–Crippen MR) is 95.4 cm³/mol. The number of carbonyl (C=O) groups excluding carboxylic acids is 1. The van der Waals surface area contributed by atoms with Crippen molar-refractivity contribution >= 4 is 23.2 Å². The zero-order valence-corrected chi connectivity index (χ0v) is 14.9. The quantitative estimate of drug-likeness (QED) is 0.610. The average molecular weight is 366 g/mol. The summed E-state index contributed by atoms with van der Waals surface area (Å²) in [6, 6.07) is 7.14. The molecule has 0 radical (unpaired) electrons. The van der Waals surface area contributed by atoms with Crippen LogP contribution in [0.3, 0.4) is 0 Å². The number of nitrogens with one attached hydrogen (secondary N) is 2. The highest BCUT2D eigenvalue weighted by atomic mass is 32.1. The largest absolute Gasteiger partial charge is 0.351 e. The van der Waals surface area contributed by atoms with Gasteiger partial charge in [0.05, 0.1) is 19.6 Å². The van der Waals surface area contributed by atoms with E-state index in [1.165, 1.54) is 4.90 Å². The number of halogens is 2. The van der Waals surface area contributed by atoms with Gasteiger partial charge < -0.3 is 15.5 Å². The Bertz CT molecular complexity index is 732. The molecule has 8 heteroatoms. The molecule has 0 bridgehead atoms. The minimum Gasteiger partial charge on any atom is -0.351 e. The first-order valence-corrected chi connectivity index (χ1v) is 8.52. The van der Waals surface area contributed by atoms with E-state index < -0.39 is 11.6 Å². The summed E-state index contributed by atoms with van der Waals surface area (Å²) in [4.78, 5) is 18.5. The molecule has 0 aliphatic rings. The van der Waals surface area contributed by atoms with Gasteiger partial charge in [-0.3, -0.25) is 4.79 Å². The molecular weight excluding hydrogens is 346 g/mol. The van der Waals surface area contributed by atoms with Crippen molar-refractivity contribution < 1.29 is 13.6 Å². The Labute approximate surface area is 149 Å². The second kappa shape index (κ2) is 9.12. The van der Waals surface area contributed by atoms with E-state index in [4.69, 9.17) is 0 Å². The van der Waals surface area contributed by atoms with Crippen molar-refractivity contribution in [1.29, 1.82) is 0 Å². The zero-order chi connectivity index (χ0) is 18.2. The maximum Gasteiger partial charge on any atom is 0.241 e. The Morgan fingerprint density at radius 1 is 1.24 bits per heavy atom. The normalized spacial score (nSPS) is 11.3. The fraction of sp³-hybridized carbons (Fsp3) is 0.294. The van der Waals surface area contributed by atoms with Crippen LogP contribution >= 0.6 is 11.3 Å². The van der Waals surface area contributed by atoms with Gasteiger partial charge in [-0.1, -0.05) is 6.07 Å².